The molecule has 0 saturated carbocycles. The van der Waals surface area contributed by atoms with Gasteiger partial charge in [0.1, 0.15) is 17.4 Å². The first-order valence-electron chi connectivity index (χ1n) is 12.4. The molecule has 1 amide bonds. The van der Waals surface area contributed by atoms with Crippen molar-refractivity contribution >= 4 is 48.8 Å². The van der Waals surface area contributed by atoms with Gasteiger partial charge in [-0.1, -0.05) is 6.07 Å². The van der Waals surface area contributed by atoms with Crippen LogP contribution in [0, 0.1) is 0 Å². The van der Waals surface area contributed by atoms with Crippen LogP contribution in [0.15, 0.2) is 48.8 Å². The van der Waals surface area contributed by atoms with E-state index in [2.05, 4.69) is 9.97 Å². The van der Waals surface area contributed by atoms with Crippen molar-refractivity contribution in [3.63, 3.8) is 0 Å². The average molecular weight is 572 g/mol. The number of sulfone groups is 1. The Morgan fingerprint density at radius 3 is 2.59 bits per heavy atom. The third kappa shape index (κ3) is 5.15. The Morgan fingerprint density at radius 2 is 1.85 bits per heavy atom. The van der Waals surface area contributed by atoms with Gasteiger partial charge in [-0.2, -0.15) is 0 Å². The number of carbonyl (C=O) groups is 1. The highest BCUT2D eigenvalue weighted by molar-refractivity contribution is 7.95. The molecule has 2 aromatic heterocycles. The summed E-state index contributed by atoms with van der Waals surface area (Å²) in [5.74, 6) is 0.696. The van der Waals surface area contributed by atoms with Gasteiger partial charge in [-0.05, 0) is 49.2 Å². The maximum absolute atomic E-state index is 13.4. The van der Waals surface area contributed by atoms with Gasteiger partial charge in [0.2, 0.25) is 10.0 Å². The first kappa shape index (κ1) is 26.9. The number of sulfonamides is 1. The fourth-order valence-corrected chi connectivity index (χ4v) is 7.80. The van der Waals surface area contributed by atoms with Gasteiger partial charge in [0.15, 0.2) is 15.7 Å². The van der Waals surface area contributed by atoms with E-state index in [0.717, 1.165) is 16.1 Å². The quantitative estimate of drug-likeness (QED) is 0.420. The SMILES string of the molecule is CCN1c2ncc(CCOc3cccc4c3CCS(=O)(=O)N4CS(C)(=O)=O)cc2C(=O)N(C)c2cccnc21. The molecule has 2 aliphatic heterocycles. The van der Waals surface area contributed by atoms with E-state index in [4.69, 9.17) is 4.74 Å². The predicted octanol–water partition coefficient (Wildman–Crippen LogP) is 2.54. The van der Waals surface area contributed by atoms with Gasteiger partial charge in [0, 0.05) is 44.2 Å². The summed E-state index contributed by atoms with van der Waals surface area (Å²) in [5.41, 5.74) is 2.94. The number of anilines is 4. The molecule has 0 fully saturated rings. The molecule has 0 spiro atoms. The highest BCUT2D eigenvalue weighted by atomic mass is 32.2. The summed E-state index contributed by atoms with van der Waals surface area (Å²) in [6.45, 7) is 2.81. The first-order chi connectivity index (χ1) is 18.5. The van der Waals surface area contributed by atoms with Crippen LogP contribution in [0.3, 0.4) is 0 Å². The van der Waals surface area contributed by atoms with Crippen molar-refractivity contribution in [3.8, 4) is 5.75 Å². The molecule has 5 rings (SSSR count). The Bertz CT molecular complexity index is 1660. The summed E-state index contributed by atoms with van der Waals surface area (Å²) < 4.78 is 56.0. The lowest BCUT2D eigenvalue weighted by Crippen LogP contribution is -2.41. The monoisotopic (exact) mass is 571 g/mol. The first-order valence-corrected chi connectivity index (χ1v) is 16.1. The third-order valence-electron chi connectivity index (χ3n) is 6.74. The molecule has 11 nitrogen and oxygen atoms in total. The van der Waals surface area contributed by atoms with Gasteiger partial charge in [0.25, 0.3) is 5.91 Å². The zero-order chi connectivity index (χ0) is 27.9. The Morgan fingerprint density at radius 1 is 1.08 bits per heavy atom. The van der Waals surface area contributed by atoms with Gasteiger partial charge in [0.05, 0.1) is 29.3 Å². The van der Waals surface area contributed by atoms with Crippen LogP contribution in [-0.2, 0) is 32.7 Å². The lowest BCUT2D eigenvalue weighted by atomic mass is 10.1. The van der Waals surface area contributed by atoms with Crippen LogP contribution in [0.2, 0.25) is 0 Å². The van der Waals surface area contributed by atoms with Crippen molar-refractivity contribution in [2.75, 3.05) is 52.2 Å². The van der Waals surface area contributed by atoms with Crippen molar-refractivity contribution in [2.24, 2.45) is 0 Å². The van der Waals surface area contributed by atoms with Crippen molar-refractivity contribution in [1.29, 1.82) is 0 Å². The van der Waals surface area contributed by atoms with E-state index in [1.807, 2.05) is 24.0 Å². The minimum atomic E-state index is -3.75. The predicted molar refractivity (Wildman–Crippen MR) is 149 cm³/mol. The van der Waals surface area contributed by atoms with Gasteiger partial charge in [-0.3, -0.25) is 9.10 Å². The molecular weight excluding hydrogens is 542 g/mol. The van der Waals surface area contributed by atoms with Crippen LogP contribution in [0.1, 0.15) is 28.4 Å². The number of carbonyl (C=O) groups excluding carboxylic acids is 1. The van der Waals surface area contributed by atoms with Crippen molar-refractivity contribution < 1.29 is 26.4 Å². The van der Waals surface area contributed by atoms with Crippen molar-refractivity contribution in [3.05, 3.63) is 65.5 Å². The molecule has 0 atom stereocenters. The molecule has 0 saturated heterocycles. The largest absolute Gasteiger partial charge is 0.493 e. The molecule has 0 bridgehead atoms. The highest BCUT2D eigenvalue weighted by Crippen LogP contribution is 2.38. The number of rotatable bonds is 7. The molecule has 13 heteroatoms. The molecule has 0 unspecified atom stereocenters. The van der Waals surface area contributed by atoms with Crippen LogP contribution in [0.5, 0.6) is 5.75 Å². The van der Waals surface area contributed by atoms with Crippen LogP contribution in [-0.4, -0.2) is 70.8 Å². The maximum Gasteiger partial charge on any atom is 0.261 e. The van der Waals surface area contributed by atoms with E-state index in [1.165, 1.54) is 0 Å². The topological polar surface area (TPSA) is 130 Å². The number of benzene rings is 1. The summed E-state index contributed by atoms with van der Waals surface area (Å²) in [6.07, 6.45) is 5.07. The lowest BCUT2D eigenvalue weighted by molar-refractivity contribution is 0.0994. The van der Waals surface area contributed by atoms with Crippen LogP contribution in [0.25, 0.3) is 0 Å². The summed E-state index contributed by atoms with van der Waals surface area (Å²) >= 11 is 0. The maximum atomic E-state index is 13.4. The normalized spacial score (nSPS) is 16.3. The van der Waals surface area contributed by atoms with Crippen LogP contribution < -0.4 is 18.8 Å². The van der Waals surface area contributed by atoms with E-state index in [1.54, 1.807) is 48.6 Å². The fourth-order valence-electron chi connectivity index (χ4n) is 4.87. The second kappa shape index (κ2) is 10.1. The fraction of sp³-hybridized carbons (Fsp3) is 0.346. The molecule has 4 heterocycles. The second-order valence-electron chi connectivity index (χ2n) is 9.49. The van der Waals surface area contributed by atoms with E-state index in [0.29, 0.717) is 52.9 Å². The molecule has 1 aromatic carbocycles. The third-order valence-corrected chi connectivity index (χ3v) is 9.34. The molecule has 3 aromatic rings. The Labute approximate surface area is 228 Å². The summed E-state index contributed by atoms with van der Waals surface area (Å²) in [6, 6.07) is 10.4. The number of amides is 1. The number of hydrogen-bond acceptors (Lipinski definition) is 9. The van der Waals surface area contributed by atoms with Crippen molar-refractivity contribution in [2.45, 2.75) is 19.8 Å². The Hall–Kier alpha value is -3.71. The summed E-state index contributed by atoms with van der Waals surface area (Å²) in [5, 5.41) is 0. The van der Waals surface area contributed by atoms with Gasteiger partial charge < -0.3 is 14.5 Å². The van der Waals surface area contributed by atoms with Crippen LogP contribution >= 0.6 is 0 Å². The zero-order valence-electron chi connectivity index (χ0n) is 21.9. The van der Waals surface area contributed by atoms with Gasteiger partial charge in [-0.25, -0.2) is 26.8 Å². The number of pyridine rings is 2. The molecule has 0 aliphatic carbocycles. The lowest BCUT2D eigenvalue weighted by Gasteiger charge is -2.31. The Kier molecular flexibility index (Phi) is 6.97. The molecular formula is C26H29N5O6S2. The number of aromatic nitrogens is 2. The van der Waals surface area contributed by atoms with E-state index >= 15 is 0 Å². The minimum absolute atomic E-state index is 0.185. The van der Waals surface area contributed by atoms with E-state index < -0.39 is 25.7 Å². The number of ether oxygens (including phenoxy) is 1. The van der Waals surface area contributed by atoms with E-state index in [9.17, 15) is 21.6 Å². The smallest absolute Gasteiger partial charge is 0.261 e. The van der Waals surface area contributed by atoms with Gasteiger partial charge in [-0.15, -0.1) is 0 Å². The zero-order valence-corrected chi connectivity index (χ0v) is 23.5. The minimum Gasteiger partial charge on any atom is -0.493 e. The second-order valence-corrected chi connectivity index (χ2v) is 13.6. The molecule has 0 radical (unpaired) electrons. The highest BCUT2D eigenvalue weighted by Gasteiger charge is 2.34. The van der Waals surface area contributed by atoms with Crippen molar-refractivity contribution in [1.82, 2.24) is 9.97 Å². The molecule has 206 valence electrons. The van der Waals surface area contributed by atoms with Gasteiger partial charge >= 0.3 is 0 Å². The number of nitrogens with zero attached hydrogens (tertiary/aromatic N) is 5. The van der Waals surface area contributed by atoms with E-state index in [-0.39, 0.29) is 24.7 Å². The summed E-state index contributed by atoms with van der Waals surface area (Å²) in [7, 11) is -5.62. The number of hydrogen-bond donors (Lipinski definition) is 0. The average Bonchev–Trinajstić information content (AvgIpc) is 2.98. The summed E-state index contributed by atoms with van der Waals surface area (Å²) in [4.78, 5) is 26.0. The number of fused-ring (bicyclic) bond motifs is 3. The molecule has 2 aliphatic rings. The van der Waals surface area contributed by atoms with Crippen LogP contribution in [0.4, 0.5) is 23.0 Å². The molecule has 0 N–H and O–H groups in total. The Balaban J connectivity index is 1.37. The molecule has 39 heavy (non-hydrogen) atoms. The standard InChI is InChI=1S/C26H29N5O6S2/c1-4-30-24-20(26(32)29(2)22-8-6-12-27-25(22)30)15-18(16-28-24)10-13-37-23-9-5-7-21-19(23)11-14-39(35,36)31(21)17-38(3,33)34/h5-9,12,15-16H,4,10-11,13-14,17H2,1-3H3.